The van der Waals surface area contributed by atoms with Crippen LogP contribution in [0.25, 0.3) is 6.08 Å². The van der Waals surface area contributed by atoms with Crippen molar-refractivity contribution in [2.75, 3.05) is 19.0 Å². The minimum absolute atomic E-state index is 0.0620. The van der Waals surface area contributed by atoms with Crippen LogP contribution in [-0.2, 0) is 11.4 Å². The highest BCUT2D eigenvalue weighted by Gasteiger charge is 2.20. The predicted octanol–water partition coefficient (Wildman–Crippen LogP) is 6.20. The van der Waals surface area contributed by atoms with Gasteiger partial charge in [0.2, 0.25) is 0 Å². The quantitative estimate of drug-likeness (QED) is 0.134. The van der Waals surface area contributed by atoms with Crippen LogP contribution in [0, 0.1) is 28.4 Å². The van der Waals surface area contributed by atoms with Crippen LogP contribution in [-0.4, -0.2) is 24.5 Å². The zero-order valence-electron chi connectivity index (χ0n) is 20.4. The lowest BCUT2D eigenvalue weighted by Gasteiger charge is -2.15. The van der Waals surface area contributed by atoms with Crippen LogP contribution in [0.15, 0.2) is 64.6 Å². The molecule has 9 nitrogen and oxygen atoms in total. The number of anilines is 1. The number of carbonyl (C=O) groups excluding carboxylic acids is 1. The molecule has 0 saturated heterocycles. The fourth-order valence-electron chi connectivity index (χ4n) is 3.40. The second-order valence-corrected chi connectivity index (χ2v) is 8.60. The summed E-state index contributed by atoms with van der Waals surface area (Å²) in [5.74, 6) is 0.378. The van der Waals surface area contributed by atoms with Gasteiger partial charge in [0.05, 0.1) is 29.2 Å². The minimum atomic E-state index is -0.801. The minimum Gasteiger partial charge on any atom is -0.496 e. The lowest BCUT2D eigenvalue weighted by molar-refractivity contribution is -0.384. The third kappa shape index (κ3) is 6.86. The second kappa shape index (κ2) is 12.6. The van der Waals surface area contributed by atoms with E-state index in [2.05, 4.69) is 21.2 Å². The maximum Gasteiger partial charge on any atom is 0.296 e. The number of hydrogen-bond acceptors (Lipinski definition) is 7. The number of carbonyl (C=O) groups is 1. The van der Waals surface area contributed by atoms with E-state index in [4.69, 9.17) is 14.2 Å². The van der Waals surface area contributed by atoms with Gasteiger partial charge in [-0.1, -0.05) is 24.3 Å². The maximum atomic E-state index is 12.8. The van der Waals surface area contributed by atoms with Gasteiger partial charge in [-0.3, -0.25) is 14.9 Å². The van der Waals surface area contributed by atoms with Crippen molar-refractivity contribution in [3.8, 4) is 23.3 Å². The molecule has 0 aromatic heterocycles. The first kappa shape index (κ1) is 27.2. The molecule has 0 radical (unpaired) electrons. The summed E-state index contributed by atoms with van der Waals surface area (Å²) in [5, 5.41) is 23.5. The molecule has 0 bridgehead atoms. The van der Waals surface area contributed by atoms with Gasteiger partial charge in [-0.2, -0.15) is 5.26 Å². The third-order valence-corrected chi connectivity index (χ3v) is 5.88. The van der Waals surface area contributed by atoms with Crippen LogP contribution < -0.4 is 19.5 Å². The molecule has 1 N–H and O–H groups in total. The van der Waals surface area contributed by atoms with Crippen LogP contribution >= 0.6 is 15.9 Å². The van der Waals surface area contributed by atoms with Gasteiger partial charge in [0.25, 0.3) is 11.6 Å². The summed E-state index contributed by atoms with van der Waals surface area (Å²) in [5.41, 5.74) is 1.94. The monoisotopic (exact) mass is 565 g/mol. The topological polar surface area (TPSA) is 124 Å². The molecule has 3 aromatic rings. The Bertz CT molecular complexity index is 1400. The summed E-state index contributed by atoms with van der Waals surface area (Å²) in [6.45, 7) is 4.53. The zero-order valence-corrected chi connectivity index (χ0v) is 22.0. The molecule has 37 heavy (non-hydrogen) atoms. The Morgan fingerprint density at radius 2 is 1.95 bits per heavy atom. The molecule has 0 unspecified atom stereocenters. The molecule has 0 fully saturated rings. The fourth-order valence-corrected chi connectivity index (χ4v) is 3.97. The fraction of sp³-hybridized carbons (Fsp3) is 0.185. The summed E-state index contributed by atoms with van der Waals surface area (Å²) in [4.78, 5) is 23.6. The Labute approximate surface area is 222 Å². The Balaban J connectivity index is 1.89. The van der Waals surface area contributed by atoms with E-state index >= 15 is 0 Å². The van der Waals surface area contributed by atoms with E-state index in [1.807, 2.05) is 44.2 Å². The average molecular weight is 566 g/mol. The molecular formula is C27H24BrN3O6. The van der Waals surface area contributed by atoms with Gasteiger partial charge in [-0.25, -0.2) is 0 Å². The van der Waals surface area contributed by atoms with Crippen LogP contribution in [0.5, 0.6) is 17.2 Å². The van der Waals surface area contributed by atoms with Crippen LogP contribution in [0.3, 0.4) is 0 Å². The van der Waals surface area contributed by atoms with Gasteiger partial charge < -0.3 is 19.5 Å². The molecule has 10 heteroatoms. The number of halogens is 1. The molecule has 0 saturated carbocycles. The first-order chi connectivity index (χ1) is 17.8. The Hall–Kier alpha value is -4.36. The highest BCUT2D eigenvalue weighted by atomic mass is 79.9. The first-order valence-electron chi connectivity index (χ1n) is 11.2. The summed E-state index contributed by atoms with van der Waals surface area (Å²) in [6, 6.07) is 17.1. The lowest BCUT2D eigenvalue weighted by atomic mass is 10.1. The molecule has 0 aliphatic heterocycles. The number of methoxy groups -OCH3 is 1. The molecule has 1 amide bonds. The Morgan fingerprint density at radius 1 is 1.19 bits per heavy atom. The van der Waals surface area contributed by atoms with Crippen molar-refractivity contribution >= 4 is 39.3 Å². The molecule has 3 aromatic carbocycles. The third-order valence-electron chi connectivity index (χ3n) is 5.29. The van der Waals surface area contributed by atoms with E-state index in [-0.39, 0.29) is 22.7 Å². The molecule has 0 atom stereocenters. The SMILES string of the molecule is CCOc1cc(/C=C(\C#N)C(=O)Nc2ccc(OC)cc2[N+](=O)[O-])cc(Br)c1OCc1ccccc1C. The molecule has 0 heterocycles. The highest BCUT2D eigenvalue weighted by molar-refractivity contribution is 9.10. The molecule has 0 spiro atoms. The zero-order chi connectivity index (χ0) is 26.9. The number of hydrogen-bond donors (Lipinski definition) is 1. The molecule has 0 aliphatic rings. The maximum absolute atomic E-state index is 12.8. The number of nitriles is 1. The van der Waals surface area contributed by atoms with Gasteiger partial charge in [0, 0.05) is 0 Å². The van der Waals surface area contributed by atoms with Crippen molar-refractivity contribution in [2.24, 2.45) is 0 Å². The summed E-state index contributed by atoms with van der Waals surface area (Å²) < 4.78 is 17.4. The molecule has 0 aliphatic carbocycles. The van der Waals surface area contributed by atoms with E-state index in [0.717, 1.165) is 11.1 Å². The van der Waals surface area contributed by atoms with Crippen molar-refractivity contribution in [2.45, 2.75) is 20.5 Å². The van der Waals surface area contributed by atoms with E-state index < -0.39 is 10.8 Å². The Morgan fingerprint density at radius 3 is 2.59 bits per heavy atom. The first-order valence-corrected chi connectivity index (χ1v) is 12.0. The summed E-state index contributed by atoms with van der Waals surface area (Å²) >= 11 is 3.50. The number of nitrogens with zero attached hydrogens (tertiary/aromatic N) is 2. The smallest absolute Gasteiger partial charge is 0.296 e. The predicted molar refractivity (Wildman–Crippen MR) is 143 cm³/mol. The number of nitrogens with one attached hydrogen (secondary N) is 1. The normalized spacial score (nSPS) is 10.8. The van der Waals surface area contributed by atoms with E-state index in [0.29, 0.717) is 34.7 Å². The number of nitro benzene ring substituents is 1. The number of amides is 1. The van der Waals surface area contributed by atoms with Gasteiger partial charge in [-0.15, -0.1) is 0 Å². The van der Waals surface area contributed by atoms with E-state index in [9.17, 15) is 20.2 Å². The van der Waals surface area contributed by atoms with Crippen LogP contribution in [0.1, 0.15) is 23.6 Å². The van der Waals surface area contributed by atoms with Gasteiger partial charge in [0.15, 0.2) is 11.5 Å². The number of rotatable bonds is 10. The standard InChI is InChI=1S/C27H24BrN3O6/c1-4-36-25-13-18(12-22(28)26(25)37-16-19-8-6-5-7-17(19)2)11-20(15-29)27(32)30-23-10-9-21(35-3)14-24(23)31(33)34/h5-14H,4,16H2,1-3H3,(H,30,32)/b20-11+. The largest absolute Gasteiger partial charge is 0.496 e. The van der Waals surface area contributed by atoms with Crippen molar-refractivity contribution in [1.82, 2.24) is 0 Å². The second-order valence-electron chi connectivity index (χ2n) is 7.74. The Kier molecular flexibility index (Phi) is 9.24. The number of benzene rings is 3. The van der Waals surface area contributed by atoms with Crippen molar-refractivity contribution < 1.29 is 23.9 Å². The number of ether oxygens (including phenoxy) is 3. The van der Waals surface area contributed by atoms with Crippen LogP contribution in [0.2, 0.25) is 0 Å². The van der Waals surface area contributed by atoms with Crippen molar-refractivity contribution in [1.29, 1.82) is 5.26 Å². The van der Waals surface area contributed by atoms with Crippen molar-refractivity contribution in [3.63, 3.8) is 0 Å². The van der Waals surface area contributed by atoms with Gasteiger partial charge in [-0.05, 0) is 76.8 Å². The average Bonchev–Trinajstić information content (AvgIpc) is 2.88. The lowest BCUT2D eigenvalue weighted by Crippen LogP contribution is -2.14. The van der Waals surface area contributed by atoms with Crippen molar-refractivity contribution in [3.05, 3.63) is 91.4 Å². The van der Waals surface area contributed by atoms with E-state index in [1.165, 1.54) is 31.4 Å². The molecule has 3 rings (SSSR count). The highest BCUT2D eigenvalue weighted by Crippen LogP contribution is 2.38. The van der Waals surface area contributed by atoms with Crippen LogP contribution in [0.4, 0.5) is 11.4 Å². The van der Waals surface area contributed by atoms with Gasteiger partial charge >= 0.3 is 0 Å². The number of aryl methyl sites for hydroxylation is 1. The summed E-state index contributed by atoms with van der Waals surface area (Å²) in [6.07, 6.45) is 1.36. The van der Waals surface area contributed by atoms with Gasteiger partial charge in [0.1, 0.15) is 29.7 Å². The summed E-state index contributed by atoms with van der Waals surface area (Å²) in [7, 11) is 1.38. The molecule has 190 valence electrons. The number of nitro groups is 1. The van der Waals surface area contributed by atoms with E-state index in [1.54, 1.807) is 12.1 Å². The molecular weight excluding hydrogens is 542 g/mol.